The monoisotopic (exact) mass is 500 g/mol. The number of nitrogens with one attached hydrogen (secondary N) is 3. The zero-order valence-electron chi connectivity index (χ0n) is 16.7. The van der Waals surface area contributed by atoms with Gasteiger partial charge in [-0.05, 0) is 38.3 Å². The molecule has 1 saturated carbocycles. The average molecular weight is 500 g/mol. The van der Waals surface area contributed by atoms with Crippen molar-refractivity contribution in [3.63, 3.8) is 0 Å². The van der Waals surface area contributed by atoms with E-state index in [2.05, 4.69) is 37.8 Å². The molecule has 0 spiro atoms. The van der Waals surface area contributed by atoms with Gasteiger partial charge in [-0.1, -0.05) is 12.8 Å². The van der Waals surface area contributed by atoms with Gasteiger partial charge in [-0.25, -0.2) is 0 Å². The summed E-state index contributed by atoms with van der Waals surface area (Å²) in [6, 6.07) is 4.76. The van der Waals surface area contributed by atoms with Crippen LogP contribution in [0.2, 0.25) is 0 Å². The maximum absolute atomic E-state index is 12.0. The molecule has 2 fully saturated rings. The van der Waals surface area contributed by atoms with Crippen LogP contribution in [0.1, 0.15) is 49.4 Å². The molecule has 1 unspecified atom stereocenters. The van der Waals surface area contributed by atoms with Gasteiger partial charge in [-0.3, -0.25) is 19.7 Å². The third-order valence-corrected chi connectivity index (χ3v) is 5.34. The van der Waals surface area contributed by atoms with Crippen molar-refractivity contribution in [2.24, 2.45) is 4.99 Å². The van der Waals surface area contributed by atoms with E-state index in [1.54, 1.807) is 24.5 Å². The van der Waals surface area contributed by atoms with Crippen LogP contribution in [0.4, 0.5) is 0 Å². The fourth-order valence-corrected chi connectivity index (χ4v) is 3.96. The Labute approximate surface area is 185 Å². The van der Waals surface area contributed by atoms with Crippen molar-refractivity contribution in [3.05, 3.63) is 30.1 Å². The Kier molecular flexibility index (Phi) is 9.97. The Morgan fingerprint density at radius 1 is 1.29 bits per heavy atom. The van der Waals surface area contributed by atoms with Crippen molar-refractivity contribution in [3.8, 4) is 0 Å². The van der Waals surface area contributed by atoms with Crippen LogP contribution in [-0.2, 0) is 0 Å². The molecule has 8 heteroatoms. The molecule has 1 aliphatic heterocycles. The lowest BCUT2D eigenvalue weighted by molar-refractivity contribution is 0.0954. The molecule has 1 amide bonds. The first-order chi connectivity index (χ1) is 13.3. The van der Waals surface area contributed by atoms with E-state index in [0.29, 0.717) is 24.7 Å². The highest BCUT2D eigenvalue weighted by atomic mass is 127. The molecular weight excluding hydrogens is 467 g/mol. The number of rotatable bonds is 7. The summed E-state index contributed by atoms with van der Waals surface area (Å²) in [6.07, 6.45) is 9.88. The first kappa shape index (κ1) is 22.9. The number of pyridine rings is 1. The van der Waals surface area contributed by atoms with Crippen LogP contribution >= 0.6 is 24.0 Å². The van der Waals surface area contributed by atoms with Gasteiger partial charge in [0.25, 0.3) is 5.91 Å². The maximum Gasteiger partial charge on any atom is 0.252 e. The lowest BCUT2D eigenvalue weighted by Gasteiger charge is -2.24. The van der Waals surface area contributed by atoms with Gasteiger partial charge < -0.3 is 16.0 Å². The van der Waals surface area contributed by atoms with E-state index in [-0.39, 0.29) is 29.9 Å². The van der Waals surface area contributed by atoms with Gasteiger partial charge in [0.2, 0.25) is 0 Å². The minimum absolute atomic E-state index is 0. The minimum Gasteiger partial charge on any atom is -0.357 e. The Morgan fingerprint density at radius 2 is 2.11 bits per heavy atom. The molecule has 2 heterocycles. The molecule has 156 valence electrons. The number of carbonyl (C=O) groups excluding carboxylic acids is 1. The number of hydrogen-bond donors (Lipinski definition) is 3. The fraction of sp³-hybridized carbons (Fsp3) is 0.650. The quantitative estimate of drug-likeness (QED) is 0.231. The lowest BCUT2D eigenvalue weighted by atomic mass is 10.2. The average Bonchev–Trinajstić information content (AvgIpc) is 3.37. The predicted octanol–water partition coefficient (Wildman–Crippen LogP) is 2.00. The van der Waals surface area contributed by atoms with Gasteiger partial charge in [-0.15, -0.1) is 24.0 Å². The van der Waals surface area contributed by atoms with Crippen molar-refractivity contribution >= 4 is 35.8 Å². The summed E-state index contributed by atoms with van der Waals surface area (Å²) in [5.74, 6) is 0.727. The molecule has 1 saturated heterocycles. The molecule has 7 nitrogen and oxygen atoms in total. The van der Waals surface area contributed by atoms with E-state index >= 15 is 0 Å². The van der Waals surface area contributed by atoms with E-state index in [0.717, 1.165) is 25.1 Å². The first-order valence-corrected chi connectivity index (χ1v) is 10.2. The molecule has 1 aliphatic carbocycles. The molecular formula is C20H33IN6O. The number of nitrogens with zero attached hydrogens (tertiary/aromatic N) is 3. The Balaban J connectivity index is 0.00000280. The maximum atomic E-state index is 12.0. The zero-order valence-corrected chi connectivity index (χ0v) is 19.0. The highest BCUT2D eigenvalue weighted by molar-refractivity contribution is 14.0. The number of aliphatic imine (C=N–C) groups is 1. The van der Waals surface area contributed by atoms with Crippen LogP contribution in [0.5, 0.6) is 0 Å². The lowest BCUT2D eigenvalue weighted by Crippen LogP contribution is -2.45. The molecule has 3 N–H and O–H groups in total. The predicted molar refractivity (Wildman–Crippen MR) is 123 cm³/mol. The number of likely N-dealkylation sites (tertiary alicyclic amines) is 1. The number of carbonyl (C=O) groups is 1. The van der Waals surface area contributed by atoms with E-state index in [9.17, 15) is 4.79 Å². The molecule has 1 aromatic heterocycles. The smallest absolute Gasteiger partial charge is 0.252 e. The van der Waals surface area contributed by atoms with Crippen molar-refractivity contribution < 1.29 is 4.79 Å². The number of halogens is 1. The fourth-order valence-electron chi connectivity index (χ4n) is 3.96. The molecule has 1 aromatic rings. The summed E-state index contributed by atoms with van der Waals surface area (Å²) in [6.45, 7) is 6.23. The number of amides is 1. The molecule has 0 bridgehead atoms. The molecule has 0 radical (unpaired) electrons. The number of aromatic nitrogens is 1. The summed E-state index contributed by atoms with van der Waals surface area (Å²) in [7, 11) is 0. The van der Waals surface area contributed by atoms with Crippen LogP contribution in [0.3, 0.4) is 0 Å². The first-order valence-electron chi connectivity index (χ1n) is 10.2. The van der Waals surface area contributed by atoms with Crippen molar-refractivity contribution in [2.75, 3.05) is 32.7 Å². The SMILES string of the molecule is CCNC(=NCCNC(=O)c1cccnc1)NC1CCN(C2CCCC2)C1.I. The summed E-state index contributed by atoms with van der Waals surface area (Å²) in [4.78, 5) is 23.2. The Hall–Kier alpha value is -1.42. The second kappa shape index (κ2) is 12.2. The topological polar surface area (TPSA) is 81.6 Å². The standard InChI is InChI=1S/C20H32N6O.HI/c1-2-22-20(24-12-11-23-19(27)16-6-5-10-21-14-16)25-17-9-13-26(15-17)18-7-3-4-8-18;/h5-6,10,14,17-18H,2-4,7-9,11-13,15H2,1H3,(H,23,27)(H2,22,24,25);1H. The normalized spacial score (nSPS) is 20.6. The van der Waals surface area contributed by atoms with Gasteiger partial charge in [-0.2, -0.15) is 0 Å². The zero-order chi connectivity index (χ0) is 18.9. The van der Waals surface area contributed by atoms with E-state index in [4.69, 9.17) is 0 Å². The molecule has 28 heavy (non-hydrogen) atoms. The second-order valence-electron chi connectivity index (χ2n) is 7.32. The highest BCUT2D eigenvalue weighted by Crippen LogP contribution is 2.26. The van der Waals surface area contributed by atoms with Crippen LogP contribution < -0.4 is 16.0 Å². The van der Waals surface area contributed by atoms with Crippen LogP contribution in [-0.4, -0.2) is 66.6 Å². The Morgan fingerprint density at radius 3 is 2.82 bits per heavy atom. The second-order valence-corrected chi connectivity index (χ2v) is 7.32. The minimum atomic E-state index is -0.112. The summed E-state index contributed by atoms with van der Waals surface area (Å²) in [5, 5.41) is 9.76. The van der Waals surface area contributed by atoms with E-state index in [1.165, 1.54) is 38.6 Å². The van der Waals surface area contributed by atoms with Gasteiger partial charge in [0.05, 0.1) is 12.1 Å². The summed E-state index contributed by atoms with van der Waals surface area (Å²) in [5.41, 5.74) is 0.574. The van der Waals surface area contributed by atoms with Crippen molar-refractivity contribution in [1.82, 2.24) is 25.8 Å². The van der Waals surface area contributed by atoms with Crippen molar-refractivity contribution in [1.29, 1.82) is 0 Å². The van der Waals surface area contributed by atoms with Gasteiger partial charge in [0.1, 0.15) is 0 Å². The van der Waals surface area contributed by atoms with Gasteiger partial charge in [0.15, 0.2) is 5.96 Å². The number of hydrogen-bond acceptors (Lipinski definition) is 4. The van der Waals surface area contributed by atoms with Crippen LogP contribution in [0.25, 0.3) is 0 Å². The van der Waals surface area contributed by atoms with Crippen LogP contribution in [0.15, 0.2) is 29.5 Å². The third kappa shape index (κ3) is 6.88. The molecule has 0 aromatic carbocycles. The molecule has 3 rings (SSSR count). The van der Waals surface area contributed by atoms with Crippen molar-refractivity contribution in [2.45, 2.75) is 51.1 Å². The Bertz CT molecular complexity index is 620. The molecule has 1 atom stereocenters. The van der Waals surface area contributed by atoms with E-state index in [1.807, 2.05) is 0 Å². The summed E-state index contributed by atoms with van der Waals surface area (Å²) >= 11 is 0. The van der Waals surface area contributed by atoms with Crippen LogP contribution in [0, 0.1) is 0 Å². The van der Waals surface area contributed by atoms with Gasteiger partial charge >= 0.3 is 0 Å². The summed E-state index contributed by atoms with van der Waals surface area (Å²) < 4.78 is 0. The number of guanidine groups is 1. The largest absolute Gasteiger partial charge is 0.357 e. The molecule has 2 aliphatic rings. The highest BCUT2D eigenvalue weighted by Gasteiger charge is 2.30. The van der Waals surface area contributed by atoms with E-state index < -0.39 is 0 Å². The third-order valence-electron chi connectivity index (χ3n) is 5.34. The van der Waals surface area contributed by atoms with Gasteiger partial charge in [0, 0.05) is 50.7 Å².